The van der Waals surface area contributed by atoms with Crippen LogP contribution in [0.3, 0.4) is 0 Å². The third-order valence-electron chi connectivity index (χ3n) is 5.81. The third kappa shape index (κ3) is 4.47. The molecule has 6 nitrogen and oxygen atoms in total. The molecule has 4 rings (SSSR count). The largest absolute Gasteiger partial charge is 0.449 e. The molecule has 1 aromatic heterocycles. The molecular formula is C25H26ClN3O3. The van der Waals surface area contributed by atoms with E-state index in [0.717, 1.165) is 40.7 Å². The molecule has 1 aliphatic rings. The minimum atomic E-state index is -0.926. The second-order valence-corrected chi connectivity index (χ2v) is 8.60. The molecule has 2 aromatic carbocycles. The normalized spacial score (nSPS) is 14.6. The average molecular weight is 452 g/mol. The number of nitrogens with one attached hydrogen (secondary N) is 1. The molecular weight excluding hydrogens is 426 g/mol. The van der Waals surface area contributed by atoms with E-state index in [4.69, 9.17) is 21.3 Å². The fourth-order valence-electron chi connectivity index (χ4n) is 4.01. The van der Waals surface area contributed by atoms with Crippen LogP contribution in [0.15, 0.2) is 42.5 Å². The Bertz CT molecular complexity index is 1190. The predicted octanol–water partition coefficient (Wildman–Crippen LogP) is 4.76. The van der Waals surface area contributed by atoms with E-state index < -0.39 is 12.1 Å². The van der Waals surface area contributed by atoms with Crippen LogP contribution in [0, 0.1) is 6.92 Å². The lowest BCUT2D eigenvalue weighted by molar-refractivity contribution is -0.124. The number of fused-ring (bicyclic) bond motifs is 2. The number of carbonyl (C=O) groups excluding carboxylic acids is 2. The summed E-state index contributed by atoms with van der Waals surface area (Å²) in [7, 11) is 2.02. The number of para-hydroxylation sites is 1. The number of likely N-dealkylation sites (N-methyl/N-ethyl adjacent to an activating group) is 1. The fourth-order valence-corrected chi connectivity index (χ4v) is 4.18. The Labute approximate surface area is 192 Å². The van der Waals surface area contributed by atoms with Crippen LogP contribution in [0.4, 0.5) is 5.69 Å². The number of esters is 1. The van der Waals surface area contributed by atoms with Crippen LogP contribution in [-0.4, -0.2) is 41.5 Å². The van der Waals surface area contributed by atoms with Crippen LogP contribution in [0.5, 0.6) is 0 Å². The second-order valence-electron chi connectivity index (χ2n) is 8.17. The molecule has 166 valence electrons. The molecule has 0 bridgehead atoms. The lowest BCUT2D eigenvalue weighted by Crippen LogP contribution is -2.34. The Morgan fingerprint density at radius 2 is 2.03 bits per heavy atom. The molecule has 0 spiro atoms. The number of aromatic nitrogens is 1. The number of halogens is 1. The summed E-state index contributed by atoms with van der Waals surface area (Å²) < 4.78 is 5.77. The third-order valence-corrected chi connectivity index (χ3v) is 6.05. The summed E-state index contributed by atoms with van der Waals surface area (Å²) in [6.45, 7) is 5.19. The summed E-state index contributed by atoms with van der Waals surface area (Å²) in [5.41, 5.74) is 4.54. The maximum atomic E-state index is 13.4. The van der Waals surface area contributed by atoms with E-state index in [2.05, 4.69) is 10.2 Å². The molecule has 1 atom stereocenters. The zero-order chi connectivity index (χ0) is 22.8. The van der Waals surface area contributed by atoms with Gasteiger partial charge in [-0.25, -0.2) is 4.79 Å². The van der Waals surface area contributed by atoms with Crippen molar-refractivity contribution in [2.24, 2.45) is 0 Å². The summed E-state index contributed by atoms with van der Waals surface area (Å²) in [6.07, 6.45) is 0.190. The van der Waals surface area contributed by atoms with Gasteiger partial charge in [-0.2, -0.15) is 0 Å². The predicted molar refractivity (Wildman–Crippen MR) is 126 cm³/mol. The summed E-state index contributed by atoms with van der Waals surface area (Å²) >= 11 is 6.07. The van der Waals surface area contributed by atoms with Crippen molar-refractivity contribution in [1.29, 1.82) is 0 Å². The number of pyridine rings is 1. The Hall–Kier alpha value is -2.96. The van der Waals surface area contributed by atoms with Gasteiger partial charge in [-0.3, -0.25) is 9.78 Å². The van der Waals surface area contributed by atoms with Crippen LogP contribution in [0.1, 0.15) is 40.5 Å². The summed E-state index contributed by atoms with van der Waals surface area (Å²) in [6, 6.07) is 12.8. The first-order chi connectivity index (χ1) is 15.4. The molecule has 3 aromatic rings. The van der Waals surface area contributed by atoms with Gasteiger partial charge in [0.05, 0.1) is 11.1 Å². The van der Waals surface area contributed by atoms with E-state index in [1.165, 1.54) is 0 Å². The Morgan fingerprint density at radius 1 is 1.25 bits per heavy atom. The van der Waals surface area contributed by atoms with Gasteiger partial charge in [0, 0.05) is 46.9 Å². The Morgan fingerprint density at radius 3 is 2.81 bits per heavy atom. The lowest BCUT2D eigenvalue weighted by atomic mass is 9.96. The van der Waals surface area contributed by atoms with Crippen molar-refractivity contribution in [1.82, 2.24) is 9.88 Å². The van der Waals surface area contributed by atoms with Gasteiger partial charge in [0.15, 0.2) is 6.10 Å². The Balaban J connectivity index is 1.64. The van der Waals surface area contributed by atoms with Crippen molar-refractivity contribution >= 4 is 40.1 Å². The number of aryl methyl sites for hydroxylation is 1. The van der Waals surface area contributed by atoms with Crippen molar-refractivity contribution in [2.45, 2.75) is 39.3 Å². The van der Waals surface area contributed by atoms with Crippen molar-refractivity contribution in [3.8, 4) is 0 Å². The van der Waals surface area contributed by atoms with Gasteiger partial charge in [0.25, 0.3) is 5.91 Å². The van der Waals surface area contributed by atoms with Gasteiger partial charge in [-0.1, -0.05) is 42.8 Å². The van der Waals surface area contributed by atoms with Gasteiger partial charge < -0.3 is 15.0 Å². The highest BCUT2D eigenvalue weighted by Gasteiger charge is 2.29. The maximum absolute atomic E-state index is 13.4. The number of hydrogen-bond donors (Lipinski definition) is 1. The topological polar surface area (TPSA) is 71.5 Å². The van der Waals surface area contributed by atoms with Gasteiger partial charge >= 0.3 is 5.97 Å². The molecule has 0 aliphatic carbocycles. The standard InChI is InChI=1S/C25H26ClN3O3/c1-4-22(24(30)28-21-13-16(26)10-9-15(21)2)32-25(31)23-17-7-5-6-8-19(17)27-20-11-12-29(3)14-18(20)23/h5-10,13,22H,4,11-12,14H2,1-3H3,(H,28,30). The highest BCUT2D eigenvalue weighted by atomic mass is 35.5. The zero-order valence-corrected chi connectivity index (χ0v) is 19.2. The van der Waals surface area contributed by atoms with Crippen molar-refractivity contribution in [2.75, 3.05) is 18.9 Å². The monoisotopic (exact) mass is 451 g/mol. The first-order valence-electron chi connectivity index (χ1n) is 10.7. The molecule has 32 heavy (non-hydrogen) atoms. The van der Waals surface area contributed by atoms with E-state index in [-0.39, 0.29) is 5.91 Å². The van der Waals surface area contributed by atoms with E-state index in [9.17, 15) is 9.59 Å². The van der Waals surface area contributed by atoms with Crippen molar-refractivity contribution in [3.63, 3.8) is 0 Å². The zero-order valence-electron chi connectivity index (χ0n) is 18.4. The van der Waals surface area contributed by atoms with Crippen molar-refractivity contribution in [3.05, 3.63) is 69.9 Å². The van der Waals surface area contributed by atoms with E-state index >= 15 is 0 Å². The van der Waals surface area contributed by atoms with Crippen LogP contribution in [-0.2, 0) is 22.5 Å². The number of amides is 1. The molecule has 0 fully saturated rings. The highest BCUT2D eigenvalue weighted by Crippen LogP contribution is 2.29. The molecule has 1 amide bonds. The first kappa shape index (κ1) is 22.2. The van der Waals surface area contributed by atoms with E-state index in [1.54, 1.807) is 12.1 Å². The molecule has 1 N–H and O–H groups in total. The van der Waals surface area contributed by atoms with Gasteiger partial charge in [-0.05, 0) is 44.2 Å². The summed E-state index contributed by atoms with van der Waals surface area (Å²) in [5, 5.41) is 4.11. The van der Waals surface area contributed by atoms with Gasteiger partial charge in [0.2, 0.25) is 0 Å². The van der Waals surface area contributed by atoms with Crippen LogP contribution >= 0.6 is 11.6 Å². The second kappa shape index (κ2) is 9.27. The molecule has 7 heteroatoms. The minimum Gasteiger partial charge on any atom is -0.449 e. The number of benzene rings is 2. The molecule has 2 heterocycles. The number of hydrogen-bond acceptors (Lipinski definition) is 5. The number of carbonyl (C=O) groups is 2. The molecule has 0 saturated heterocycles. The van der Waals surface area contributed by atoms with Crippen LogP contribution in [0.2, 0.25) is 5.02 Å². The SMILES string of the molecule is CCC(OC(=O)c1c2c(nc3ccccc13)CCN(C)C2)C(=O)Nc1cc(Cl)ccc1C. The van der Waals surface area contributed by atoms with Crippen molar-refractivity contribution < 1.29 is 14.3 Å². The quantitative estimate of drug-likeness (QED) is 0.566. The van der Waals surface area contributed by atoms with Crippen LogP contribution < -0.4 is 5.32 Å². The lowest BCUT2D eigenvalue weighted by Gasteiger charge is -2.27. The number of nitrogens with zero attached hydrogens (tertiary/aromatic N) is 2. The van der Waals surface area contributed by atoms with Crippen LogP contribution in [0.25, 0.3) is 10.9 Å². The number of ether oxygens (including phenoxy) is 1. The average Bonchev–Trinajstić information content (AvgIpc) is 2.78. The molecule has 1 aliphatic heterocycles. The first-order valence-corrected chi connectivity index (χ1v) is 11.1. The van der Waals surface area contributed by atoms with E-state index in [0.29, 0.717) is 29.2 Å². The van der Waals surface area contributed by atoms with E-state index in [1.807, 2.05) is 51.2 Å². The highest BCUT2D eigenvalue weighted by molar-refractivity contribution is 6.31. The molecule has 1 unspecified atom stereocenters. The molecule has 0 radical (unpaired) electrons. The Kier molecular flexibility index (Phi) is 6.44. The fraction of sp³-hybridized carbons (Fsp3) is 0.320. The van der Waals surface area contributed by atoms with Gasteiger partial charge in [0.1, 0.15) is 0 Å². The summed E-state index contributed by atoms with van der Waals surface area (Å²) in [4.78, 5) is 33.3. The van der Waals surface area contributed by atoms with Gasteiger partial charge in [-0.15, -0.1) is 0 Å². The minimum absolute atomic E-state index is 0.350. The number of anilines is 1. The number of rotatable bonds is 5. The maximum Gasteiger partial charge on any atom is 0.340 e. The molecule has 0 saturated carbocycles. The summed E-state index contributed by atoms with van der Waals surface area (Å²) in [5.74, 6) is -0.879. The smallest absolute Gasteiger partial charge is 0.340 e.